The van der Waals surface area contributed by atoms with Crippen molar-refractivity contribution in [1.29, 1.82) is 0 Å². The molecular formula is C19H29ClN2O. The van der Waals surface area contributed by atoms with Crippen LogP contribution in [0.5, 0.6) is 0 Å². The summed E-state index contributed by atoms with van der Waals surface area (Å²) in [5.74, 6) is 0.286. The topological polar surface area (TPSA) is 47.3 Å². The van der Waals surface area contributed by atoms with Crippen LogP contribution >= 0.6 is 11.6 Å². The van der Waals surface area contributed by atoms with Gasteiger partial charge in [0, 0.05) is 29.2 Å². The second kappa shape index (κ2) is 7.69. The van der Waals surface area contributed by atoms with E-state index in [4.69, 9.17) is 22.1 Å². The van der Waals surface area contributed by atoms with Gasteiger partial charge in [0.2, 0.25) is 0 Å². The molecule has 0 radical (unpaired) electrons. The fourth-order valence-corrected chi connectivity index (χ4v) is 3.77. The predicted octanol–water partition coefficient (Wildman–Crippen LogP) is 4.08. The molecule has 0 amide bonds. The second-order valence-corrected chi connectivity index (χ2v) is 7.25. The van der Waals surface area contributed by atoms with Crippen molar-refractivity contribution in [2.75, 3.05) is 19.8 Å². The van der Waals surface area contributed by atoms with Gasteiger partial charge in [0.15, 0.2) is 0 Å². The van der Waals surface area contributed by atoms with Gasteiger partial charge >= 0.3 is 0 Å². The van der Waals surface area contributed by atoms with Crippen molar-refractivity contribution >= 4 is 11.6 Å². The zero-order valence-corrected chi connectivity index (χ0v) is 15.4. The molecule has 3 nitrogen and oxygen atoms in total. The first kappa shape index (κ1) is 18.3. The molecule has 4 heteroatoms. The van der Waals surface area contributed by atoms with Gasteiger partial charge in [0.25, 0.3) is 0 Å². The average Bonchev–Trinajstić information content (AvgIpc) is 2.51. The number of nitrogens with one attached hydrogen (secondary N) is 1. The number of ether oxygens (including phenoxy) is 1. The summed E-state index contributed by atoms with van der Waals surface area (Å²) in [5, 5.41) is 4.50. The van der Waals surface area contributed by atoms with Crippen LogP contribution in [0.3, 0.4) is 0 Å². The zero-order valence-electron chi connectivity index (χ0n) is 14.7. The van der Waals surface area contributed by atoms with Crippen molar-refractivity contribution in [3.8, 4) is 0 Å². The van der Waals surface area contributed by atoms with Crippen LogP contribution in [0.2, 0.25) is 5.02 Å². The summed E-state index contributed by atoms with van der Waals surface area (Å²) in [6.45, 7) is 10.8. The van der Waals surface area contributed by atoms with E-state index in [2.05, 4.69) is 45.1 Å². The van der Waals surface area contributed by atoms with Crippen LogP contribution in [0, 0.1) is 5.41 Å². The molecule has 1 aliphatic heterocycles. The third-order valence-corrected chi connectivity index (χ3v) is 5.44. The molecule has 23 heavy (non-hydrogen) atoms. The number of rotatable bonds is 6. The van der Waals surface area contributed by atoms with E-state index < -0.39 is 0 Å². The number of allylic oxidation sites excluding steroid dienone is 1. The Morgan fingerprint density at radius 2 is 2.00 bits per heavy atom. The fraction of sp³-hybridized carbons (Fsp3) is 0.579. The summed E-state index contributed by atoms with van der Waals surface area (Å²) in [5.41, 5.74) is 9.39. The maximum Gasteiger partial charge on any atom is 0.0862 e. The molecule has 1 aromatic rings. The largest absolute Gasteiger partial charge is 0.383 e. The minimum absolute atomic E-state index is 0.0632. The lowest BCUT2D eigenvalue weighted by Gasteiger charge is -2.47. The highest BCUT2D eigenvalue weighted by molar-refractivity contribution is 6.31. The zero-order chi connectivity index (χ0) is 17.0. The maximum absolute atomic E-state index is 6.54. The molecule has 0 aromatic heterocycles. The van der Waals surface area contributed by atoms with E-state index in [0.29, 0.717) is 25.8 Å². The van der Waals surface area contributed by atoms with E-state index in [1.807, 2.05) is 12.1 Å². The molecule has 1 aromatic carbocycles. The van der Waals surface area contributed by atoms with E-state index in [9.17, 15) is 0 Å². The summed E-state index contributed by atoms with van der Waals surface area (Å²) < 4.78 is 5.71. The summed E-state index contributed by atoms with van der Waals surface area (Å²) in [6.07, 6.45) is 0.973. The molecule has 0 spiro atoms. The van der Waals surface area contributed by atoms with Crippen LogP contribution in [0.1, 0.15) is 45.6 Å². The van der Waals surface area contributed by atoms with Gasteiger partial charge in [0.1, 0.15) is 0 Å². The standard InChI is InChI=1S/C19H29ClN2O/c1-5-14-17(12-23-11-10-21)22-13(2)19(3,4)18(14)15-8-6-7-9-16(15)20/h6-9,13,18,22H,5,10-12,21H2,1-4H3. The van der Waals surface area contributed by atoms with Crippen molar-refractivity contribution in [3.05, 3.63) is 46.1 Å². The van der Waals surface area contributed by atoms with Crippen molar-refractivity contribution in [3.63, 3.8) is 0 Å². The number of hydrogen-bond acceptors (Lipinski definition) is 3. The molecular weight excluding hydrogens is 308 g/mol. The first-order valence-corrected chi connectivity index (χ1v) is 8.81. The summed E-state index contributed by atoms with van der Waals surface area (Å²) >= 11 is 6.54. The van der Waals surface area contributed by atoms with Gasteiger partial charge in [-0.2, -0.15) is 0 Å². The Morgan fingerprint density at radius 1 is 1.30 bits per heavy atom. The molecule has 2 atom stereocenters. The smallest absolute Gasteiger partial charge is 0.0862 e. The van der Waals surface area contributed by atoms with Gasteiger partial charge < -0.3 is 15.8 Å². The van der Waals surface area contributed by atoms with Gasteiger partial charge in [-0.1, -0.05) is 50.6 Å². The SMILES string of the molecule is CCC1=C(COCCN)NC(C)C(C)(C)C1c1ccccc1Cl. The highest BCUT2D eigenvalue weighted by Crippen LogP contribution is 2.49. The van der Waals surface area contributed by atoms with Crippen LogP contribution in [-0.2, 0) is 4.74 Å². The van der Waals surface area contributed by atoms with E-state index in [-0.39, 0.29) is 11.3 Å². The Hall–Kier alpha value is -1.03. The first-order chi connectivity index (χ1) is 10.9. The molecule has 1 aliphatic rings. The van der Waals surface area contributed by atoms with Crippen molar-refractivity contribution < 1.29 is 4.74 Å². The lowest BCUT2D eigenvalue weighted by Crippen LogP contribution is -2.49. The lowest BCUT2D eigenvalue weighted by atomic mass is 9.64. The minimum Gasteiger partial charge on any atom is -0.383 e. The van der Waals surface area contributed by atoms with E-state index in [1.54, 1.807) is 0 Å². The summed E-state index contributed by atoms with van der Waals surface area (Å²) in [6, 6.07) is 8.53. The molecule has 0 saturated carbocycles. The molecule has 2 unspecified atom stereocenters. The van der Waals surface area contributed by atoms with E-state index >= 15 is 0 Å². The predicted molar refractivity (Wildman–Crippen MR) is 97.8 cm³/mol. The highest BCUT2D eigenvalue weighted by Gasteiger charge is 2.43. The molecule has 0 aliphatic carbocycles. The van der Waals surface area contributed by atoms with Gasteiger partial charge in [-0.15, -0.1) is 0 Å². The Morgan fingerprint density at radius 3 is 2.61 bits per heavy atom. The number of hydrogen-bond donors (Lipinski definition) is 2. The number of benzene rings is 1. The molecule has 0 saturated heterocycles. The lowest BCUT2D eigenvalue weighted by molar-refractivity contribution is 0.139. The molecule has 0 fully saturated rings. The third kappa shape index (κ3) is 3.73. The maximum atomic E-state index is 6.54. The van der Waals surface area contributed by atoms with Crippen LogP contribution < -0.4 is 11.1 Å². The third-order valence-electron chi connectivity index (χ3n) is 5.09. The van der Waals surface area contributed by atoms with E-state index in [1.165, 1.54) is 16.8 Å². The van der Waals surface area contributed by atoms with Gasteiger partial charge in [-0.05, 0) is 36.0 Å². The minimum atomic E-state index is 0.0632. The molecule has 3 N–H and O–H groups in total. The van der Waals surface area contributed by atoms with Crippen LogP contribution in [0.25, 0.3) is 0 Å². The van der Waals surface area contributed by atoms with Crippen molar-refractivity contribution in [1.82, 2.24) is 5.32 Å². The van der Waals surface area contributed by atoms with Crippen molar-refractivity contribution in [2.45, 2.75) is 46.1 Å². The van der Waals surface area contributed by atoms with Gasteiger partial charge in [-0.25, -0.2) is 0 Å². The summed E-state index contributed by atoms with van der Waals surface area (Å²) in [7, 11) is 0. The number of nitrogens with two attached hydrogens (primary N) is 1. The number of halogens is 1. The fourth-order valence-electron chi connectivity index (χ4n) is 3.52. The van der Waals surface area contributed by atoms with Crippen LogP contribution in [-0.4, -0.2) is 25.8 Å². The first-order valence-electron chi connectivity index (χ1n) is 8.44. The van der Waals surface area contributed by atoms with E-state index in [0.717, 1.165) is 11.4 Å². The molecule has 1 heterocycles. The Balaban J connectivity index is 2.48. The molecule has 128 valence electrons. The summed E-state index contributed by atoms with van der Waals surface area (Å²) in [4.78, 5) is 0. The van der Waals surface area contributed by atoms with Crippen LogP contribution in [0.15, 0.2) is 35.5 Å². The second-order valence-electron chi connectivity index (χ2n) is 6.84. The monoisotopic (exact) mass is 336 g/mol. The van der Waals surface area contributed by atoms with Crippen molar-refractivity contribution in [2.24, 2.45) is 11.1 Å². The van der Waals surface area contributed by atoms with Gasteiger partial charge in [0.05, 0.1) is 13.2 Å². The molecule has 0 bridgehead atoms. The molecule has 2 rings (SSSR count). The Kier molecular flexibility index (Phi) is 6.12. The highest BCUT2D eigenvalue weighted by atomic mass is 35.5. The Bertz CT molecular complexity index is 568. The van der Waals surface area contributed by atoms with Gasteiger partial charge in [-0.3, -0.25) is 0 Å². The quantitative estimate of drug-likeness (QED) is 0.769. The average molecular weight is 337 g/mol. The van der Waals surface area contributed by atoms with Crippen LogP contribution in [0.4, 0.5) is 0 Å². The Labute approximate surface area is 145 Å². The normalized spacial score (nSPS) is 23.7.